The standard InChI is InChI=1S/C21H25NO/c1-15-10-12-17(13-11-15)21(5)14-20(3,4)22(16(2)23)19-9-7-6-8-18(19)21/h6-13H,14H2,1-5H3. The number of fused-ring (bicyclic) bond motifs is 1. The average molecular weight is 307 g/mol. The van der Waals surface area contributed by atoms with E-state index in [0.29, 0.717) is 0 Å². The molecule has 0 aromatic heterocycles. The Morgan fingerprint density at radius 2 is 1.61 bits per heavy atom. The van der Waals surface area contributed by atoms with E-state index in [4.69, 9.17) is 0 Å². The molecule has 2 aromatic rings. The number of para-hydroxylation sites is 1. The molecule has 0 fully saturated rings. The highest BCUT2D eigenvalue weighted by atomic mass is 16.2. The molecule has 3 rings (SSSR count). The zero-order valence-corrected chi connectivity index (χ0v) is 14.7. The van der Waals surface area contributed by atoms with Crippen molar-refractivity contribution in [2.75, 3.05) is 4.90 Å². The van der Waals surface area contributed by atoms with Gasteiger partial charge in [-0.2, -0.15) is 0 Å². The summed E-state index contributed by atoms with van der Waals surface area (Å²) in [6, 6.07) is 17.1. The summed E-state index contributed by atoms with van der Waals surface area (Å²) in [5, 5.41) is 0. The van der Waals surface area contributed by atoms with Crippen LogP contribution in [0.1, 0.15) is 50.8 Å². The van der Waals surface area contributed by atoms with Crippen molar-refractivity contribution in [2.45, 2.75) is 52.0 Å². The summed E-state index contributed by atoms with van der Waals surface area (Å²) in [7, 11) is 0. The molecule has 0 radical (unpaired) electrons. The molecule has 0 aliphatic carbocycles. The van der Waals surface area contributed by atoms with Crippen LogP contribution in [-0.2, 0) is 10.2 Å². The lowest BCUT2D eigenvalue weighted by Gasteiger charge is -2.51. The number of carbonyl (C=O) groups excluding carboxylic acids is 1. The predicted molar refractivity (Wildman–Crippen MR) is 95.9 cm³/mol. The van der Waals surface area contributed by atoms with Gasteiger partial charge in [0.2, 0.25) is 5.91 Å². The fourth-order valence-corrected chi connectivity index (χ4v) is 4.28. The molecule has 1 heterocycles. The zero-order valence-electron chi connectivity index (χ0n) is 14.7. The highest BCUT2D eigenvalue weighted by Gasteiger charge is 2.46. The second-order valence-electron chi connectivity index (χ2n) is 7.56. The van der Waals surface area contributed by atoms with Crippen molar-refractivity contribution in [3.8, 4) is 0 Å². The first-order valence-corrected chi connectivity index (χ1v) is 8.23. The maximum absolute atomic E-state index is 12.3. The van der Waals surface area contributed by atoms with E-state index in [1.165, 1.54) is 16.7 Å². The summed E-state index contributed by atoms with van der Waals surface area (Å²) in [6.45, 7) is 10.4. The second kappa shape index (κ2) is 5.23. The summed E-state index contributed by atoms with van der Waals surface area (Å²) in [4.78, 5) is 14.3. The predicted octanol–water partition coefficient (Wildman–Crippen LogP) is 4.84. The summed E-state index contributed by atoms with van der Waals surface area (Å²) in [5.41, 5.74) is 4.54. The first-order chi connectivity index (χ1) is 10.8. The van der Waals surface area contributed by atoms with E-state index >= 15 is 0 Å². The number of amides is 1. The van der Waals surface area contributed by atoms with E-state index in [1.807, 2.05) is 11.0 Å². The van der Waals surface area contributed by atoms with Crippen molar-refractivity contribution in [3.05, 3.63) is 65.2 Å². The number of aryl methyl sites for hydroxylation is 1. The van der Waals surface area contributed by atoms with E-state index in [9.17, 15) is 4.79 Å². The number of benzene rings is 2. The van der Waals surface area contributed by atoms with Crippen molar-refractivity contribution >= 4 is 11.6 Å². The van der Waals surface area contributed by atoms with Gasteiger partial charge in [-0.3, -0.25) is 4.79 Å². The van der Waals surface area contributed by atoms with E-state index in [1.54, 1.807) is 6.92 Å². The van der Waals surface area contributed by atoms with Crippen LogP contribution in [-0.4, -0.2) is 11.4 Å². The SMILES string of the molecule is CC(=O)N1c2ccccc2C(C)(c2ccc(C)cc2)CC1(C)C. The topological polar surface area (TPSA) is 20.3 Å². The van der Waals surface area contributed by atoms with Crippen molar-refractivity contribution < 1.29 is 4.79 Å². The first kappa shape index (κ1) is 15.8. The number of carbonyl (C=O) groups is 1. The highest BCUT2D eigenvalue weighted by molar-refractivity contribution is 5.95. The molecular formula is C21H25NO. The molecule has 1 atom stereocenters. The van der Waals surface area contributed by atoms with Crippen LogP contribution in [0.25, 0.3) is 0 Å². The Morgan fingerprint density at radius 1 is 1.00 bits per heavy atom. The van der Waals surface area contributed by atoms with Gasteiger partial charge in [-0.15, -0.1) is 0 Å². The molecule has 2 heteroatoms. The van der Waals surface area contributed by atoms with Crippen molar-refractivity contribution in [1.29, 1.82) is 0 Å². The molecule has 1 aliphatic rings. The van der Waals surface area contributed by atoms with Gasteiger partial charge in [-0.25, -0.2) is 0 Å². The van der Waals surface area contributed by atoms with Gasteiger partial charge >= 0.3 is 0 Å². The molecule has 0 saturated carbocycles. The minimum Gasteiger partial charge on any atom is -0.307 e. The van der Waals surface area contributed by atoms with Gasteiger partial charge in [0.1, 0.15) is 0 Å². The lowest BCUT2D eigenvalue weighted by Crippen LogP contribution is -2.55. The third kappa shape index (κ3) is 2.46. The van der Waals surface area contributed by atoms with Crippen molar-refractivity contribution in [1.82, 2.24) is 0 Å². The van der Waals surface area contributed by atoms with Crippen LogP contribution in [0, 0.1) is 6.92 Å². The molecule has 0 spiro atoms. The summed E-state index contributed by atoms with van der Waals surface area (Å²) in [6.07, 6.45) is 0.902. The lowest BCUT2D eigenvalue weighted by molar-refractivity contribution is -0.117. The van der Waals surface area contributed by atoms with Gasteiger partial charge < -0.3 is 4.90 Å². The number of nitrogens with zero attached hydrogens (tertiary/aromatic N) is 1. The Bertz CT molecular complexity index is 745. The van der Waals surface area contributed by atoms with Crippen LogP contribution in [0.3, 0.4) is 0 Å². The van der Waals surface area contributed by atoms with Gasteiger partial charge in [-0.05, 0) is 44.4 Å². The van der Waals surface area contributed by atoms with Gasteiger partial charge in [0.15, 0.2) is 0 Å². The van der Waals surface area contributed by atoms with Crippen LogP contribution in [0.4, 0.5) is 5.69 Å². The fourth-order valence-electron chi connectivity index (χ4n) is 4.28. The largest absolute Gasteiger partial charge is 0.307 e. The quantitative estimate of drug-likeness (QED) is 0.738. The van der Waals surface area contributed by atoms with Crippen molar-refractivity contribution in [2.24, 2.45) is 0 Å². The molecule has 1 aliphatic heterocycles. The number of hydrogen-bond acceptors (Lipinski definition) is 1. The minimum atomic E-state index is -0.222. The van der Waals surface area contributed by atoms with Crippen LogP contribution in [0.15, 0.2) is 48.5 Å². The molecule has 2 nitrogen and oxygen atoms in total. The first-order valence-electron chi connectivity index (χ1n) is 8.23. The van der Waals surface area contributed by atoms with Gasteiger partial charge in [0.25, 0.3) is 0 Å². The molecule has 0 bridgehead atoms. The third-order valence-corrected chi connectivity index (χ3v) is 5.13. The average Bonchev–Trinajstić information content (AvgIpc) is 2.46. The Hall–Kier alpha value is -2.09. The molecule has 0 N–H and O–H groups in total. The zero-order chi connectivity index (χ0) is 16.8. The van der Waals surface area contributed by atoms with Crippen LogP contribution in [0.2, 0.25) is 0 Å². The molecule has 2 aromatic carbocycles. The molecule has 23 heavy (non-hydrogen) atoms. The van der Waals surface area contributed by atoms with E-state index in [2.05, 4.69) is 70.2 Å². The lowest BCUT2D eigenvalue weighted by atomic mass is 9.65. The van der Waals surface area contributed by atoms with Gasteiger partial charge in [0.05, 0.1) is 0 Å². The number of rotatable bonds is 1. The summed E-state index contributed by atoms with van der Waals surface area (Å²) >= 11 is 0. The molecule has 0 saturated heterocycles. The summed E-state index contributed by atoms with van der Waals surface area (Å²) < 4.78 is 0. The normalized spacial score (nSPS) is 22.6. The second-order valence-corrected chi connectivity index (χ2v) is 7.56. The molecule has 1 amide bonds. The maximum atomic E-state index is 12.3. The van der Waals surface area contributed by atoms with Crippen molar-refractivity contribution in [3.63, 3.8) is 0 Å². The Kier molecular flexibility index (Phi) is 3.59. The fraction of sp³-hybridized carbons (Fsp3) is 0.381. The van der Waals surface area contributed by atoms with E-state index in [-0.39, 0.29) is 16.9 Å². The van der Waals surface area contributed by atoms with Gasteiger partial charge in [-0.1, -0.05) is 55.0 Å². The smallest absolute Gasteiger partial charge is 0.224 e. The Balaban J connectivity index is 2.25. The maximum Gasteiger partial charge on any atom is 0.224 e. The third-order valence-electron chi connectivity index (χ3n) is 5.13. The Morgan fingerprint density at radius 3 is 2.22 bits per heavy atom. The minimum absolute atomic E-state index is 0.0975. The number of anilines is 1. The van der Waals surface area contributed by atoms with E-state index in [0.717, 1.165) is 12.1 Å². The molecule has 1 unspecified atom stereocenters. The molecule has 120 valence electrons. The number of hydrogen-bond donors (Lipinski definition) is 0. The Labute approximate surface area is 139 Å². The molecular weight excluding hydrogens is 282 g/mol. The summed E-state index contributed by atoms with van der Waals surface area (Å²) in [5.74, 6) is 0.105. The van der Waals surface area contributed by atoms with Crippen LogP contribution >= 0.6 is 0 Å². The van der Waals surface area contributed by atoms with Crippen LogP contribution in [0.5, 0.6) is 0 Å². The highest BCUT2D eigenvalue weighted by Crippen LogP contribution is 2.50. The monoisotopic (exact) mass is 307 g/mol. The van der Waals surface area contributed by atoms with Gasteiger partial charge in [0, 0.05) is 23.6 Å². The van der Waals surface area contributed by atoms with E-state index < -0.39 is 0 Å². The van der Waals surface area contributed by atoms with Crippen LogP contribution < -0.4 is 4.90 Å².